The normalized spacial score (nSPS) is 34.8. The molecule has 0 spiro atoms. The van der Waals surface area contributed by atoms with Crippen molar-refractivity contribution in [1.82, 2.24) is 9.03 Å². The summed E-state index contributed by atoms with van der Waals surface area (Å²) < 4.78 is 31.5. The molecular formula is C6H12N2O3S. The Bertz CT molecular complexity index is 260. The first-order valence-electron chi connectivity index (χ1n) is 4.05. The first-order chi connectivity index (χ1) is 5.68. The van der Waals surface area contributed by atoms with Gasteiger partial charge in [-0.25, -0.2) is 4.72 Å². The summed E-state index contributed by atoms with van der Waals surface area (Å²) in [5.74, 6) is 0. The third kappa shape index (κ3) is 1.77. The SMILES string of the molecule is O=S1(=O)NCCCN1C[C@H]1CO1. The van der Waals surface area contributed by atoms with E-state index in [1.54, 1.807) is 0 Å². The molecule has 0 aromatic rings. The molecule has 0 aromatic carbocycles. The molecule has 0 aliphatic carbocycles. The van der Waals surface area contributed by atoms with E-state index in [0.29, 0.717) is 26.2 Å². The van der Waals surface area contributed by atoms with E-state index in [1.807, 2.05) is 0 Å². The fourth-order valence-electron chi connectivity index (χ4n) is 1.26. The Kier molecular flexibility index (Phi) is 2.07. The Morgan fingerprint density at radius 3 is 2.92 bits per heavy atom. The van der Waals surface area contributed by atoms with Gasteiger partial charge in [-0.05, 0) is 6.42 Å². The van der Waals surface area contributed by atoms with Gasteiger partial charge in [0.1, 0.15) is 0 Å². The van der Waals surface area contributed by atoms with Crippen molar-refractivity contribution in [1.29, 1.82) is 0 Å². The van der Waals surface area contributed by atoms with E-state index in [4.69, 9.17) is 4.74 Å². The fourth-order valence-corrected chi connectivity index (χ4v) is 2.57. The lowest BCUT2D eigenvalue weighted by Gasteiger charge is -2.25. The van der Waals surface area contributed by atoms with Gasteiger partial charge >= 0.3 is 0 Å². The number of hydrogen-bond acceptors (Lipinski definition) is 3. The highest BCUT2D eigenvalue weighted by atomic mass is 32.2. The summed E-state index contributed by atoms with van der Waals surface area (Å²) in [5.41, 5.74) is 0. The molecule has 70 valence electrons. The van der Waals surface area contributed by atoms with Gasteiger partial charge in [-0.15, -0.1) is 0 Å². The van der Waals surface area contributed by atoms with Crippen LogP contribution in [0.2, 0.25) is 0 Å². The minimum atomic E-state index is -3.18. The smallest absolute Gasteiger partial charge is 0.279 e. The summed E-state index contributed by atoms with van der Waals surface area (Å²) >= 11 is 0. The van der Waals surface area contributed by atoms with Crippen molar-refractivity contribution in [3.8, 4) is 0 Å². The van der Waals surface area contributed by atoms with Crippen LogP contribution < -0.4 is 4.72 Å². The van der Waals surface area contributed by atoms with Gasteiger partial charge in [0.25, 0.3) is 10.2 Å². The zero-order valence-corrected chi connectivity index (χ0v) is 7.51. The van der Waals surface area contributed by atoms with Gasteiger partial charge in [0.05, 0.1) is 12.7 Å². The molecule has 0 bridgehead atoms. The molecule has 0 aromatic heterocycles. The number of nitrogens with zero attached hydrogens (tertiary/aromatic N) is 1. The van der Waals surface area contributed by atoms with Gasteiger partial charge in [-0.2, -0.15) is 12.7 Å². The van der Waals surface area contributed by atoms with Crippen molar-refractivity contribution in [2.24, 2.45) is 0 Å². The van der Waals surface area contributed by atoms with Gasteiger partial charge in [-0.3, -0.25) is 0 Å². The monoisotopic (exact) mass is 192 g/mol. The lowest BCUT2D eigenvalue weighted by Crippen LogP contribution is -2.48. The minimum Gasteiger partial charge on any atom is -0.372 e. The van der Waals surface area contributed by atoms with Crippen LogP contribution in [0, 0.1) is 0 Å². The number of hydrogen-bond donors (Lipinski definition) is 1. The molecule has 5 nitrogen and oxygen atoms in total. The first-order valence-corrected chi connectivity index (χ1v) is 5.49. The molecule has 6 heteroatoms. The van der Waals surface area contributed by atoms with Crippen molar-refractivity contribution in [2.45, 2.75) is 12.5 Å². The Morgan fingerprint density at radius 2 is 2.33 bits per heavy atom. The maximum Gasteiger partial charge on any atom is 0.279 e. The van der Waals surface area contributed by atoms with Gasteiger partial charge in [-0.1, -0.05) is 0 Å². The summed E-state index contributed by atoms with van der Waals surface area (Å²) in [4.78, 5) is 0. The molecule has 0 saturated carbocycles. The van der Waals surface area contributed by atoms with Crippen LogP contribution in [0.5, 0.6) is 0 Å². The molecule has 2 fully saturated rings. The average molecular weight is 192 g/mol. The second-order valence-electron chi connectivity index (χ2n) is 3.07. The summed E-state index contributed by atoms with van der Waals surface area (Å²) in [7, 11) is -3.18. The average Bonchev–Trinajstić information content (AvgIpc) is 2.77. The Hall–Kier alpha value is -0.170. The highest BCUT2D eigenvalue weighted by molar-refractivity contribution is 7.87. The lowest BCUT2D eigenvalue weighted by atomic mass is 10.4. The van der Waals surface area contributed by atoms with E-state index in [2.05, 4.69) is 4.72 Å². The largest absolute Gasteiger partial charge is 0.372 e. The van der Waals surface area contributed by atoms with Crippen LogP contribution in [0.1, 0.15) is 6.42 Å². The second kappa shape index (κ2) is 2.95. The predicted molar refractivity (Wildman–Crippen MR) is 42.9 cm³/mol. The minimum absolute atomic E-state index is 0.139. The standard InChI is InChI=1S/C6H12N2O3S/c9-12(10)7-2-1-3-8(12)4-6-5-11-6/h6-7H,1-5H2/t6-/m0/s1. The predicted octanol–water partition coefficient (Wildman–Crippen LogP) is -1.07. The van der Waals surface area contributed by atoms with Crippen LogP contribution in [-0.2, 0) is 14.9 Å². The Labute approximate surface area is 71.9 Å². The molecule has 0 unspecified atom stereocenters. The maximum atomic E-state index is 11.3. The Morgan fingerprint density at radius 1 is 1.58 bits per heavy atom. The molecule has 0 radical (unpaired) electrons. The summed E-state index contributed by atoms with van der Waals surface area (Å²) in [6.07, 6.45) is 1.02. The summed E-state index contributed by atoms with van der Waals surface area (Å²) in [6, 6.07) is 0. The molecular weight excluding hydrogens is 180 g/mol. The molecule has 2 heterocycles. The van der Waals surface area contributed by atoms with E-state index >= 15 is 0 Å². The first kappa shape index (κ1) is 8.43. The molecule has 2 aliphatic heterocycles. The van der Waals surface area contributed by atoms with Crippen molar-refractivity contribution < 1.29 is 13.2 Å². The van der Waals surface area contributed by atoms with Crippen LogP contribution in [-0.4, -0.2) is 45.1 Å². The van der Waals surface area contributed by atoms with E-state index in [9.17, 15) is 8.42 Å². The lowest BCUT2D eigenvalue weighted by molar-refractivity contribution is 0.319. The highest BCUT2D eigenvalue weighted by Gasteiger charge is 2.32. The van der Waals surface area contributed by atoms with E-state index in [1.165, 1.54) is 4.31 Å². The molecule has 1 N–H and O–H groups in total. The summed E-state index contributed by atoms with van der Waals surface area (Å²) in [5, 5.41) is 0. The van der Waals surface area contributed by atoms with Crippen molar-refractivity contribution in [2.75, 3.05) is 26.2 Å². The van der Waals surface area contributed by atoms with Crippen molar-refractivity contribution in [3.63, 3.8) is 0 Å². The fraction of sp³-hybridized carbons (Fsp3) is 1.00. The summed E-state index contributed by atoms with van der Waals surface area (Å²) in [6.45, 7) is 2.39. The molecule has 1 atom stereocenters. The zero-order valence-electron chi connectivity index (χ0n) is 6.69. The Balaban J connectivity index is 2.00. The van der Waals surface area contributed by atoms with E-state index in [0.717, 1.165) is 6.42 Å². The van der Waals surface area contributed by atoms with Crippen LogP contribution in [0.15, 0.2) is 0 Å². The van der Waals surface area contributed by atoms with Gasteiger partial charge in [0.2, 0.25) is 0 Å². The van der Waals surface area contributed by atoms with Crippen LogP contribution in [0.4, 0.5) is 0 Å². The quantitative estimate of drug-likeness (QED) is 0.566. The third-order valence-corrected chi connectivity index (χ3v) is 3.60. The highest BCUT2D eigenvalue weighted by Crippen LogP contribution is 2.14. The van der Waals surface area contributed by atoms with E-state index in [-0.39, 0.29) is 6.10 Å². The second-order valence-corrected chi connectivity index (χ2v) is 4.82. The number of nitrogens with one attached hydrogen (secondary N) is 1. The molecule has 2 aliphatic rings. The van der Waals surface area contributed by atoms with Gasteiger partial charge in [0.15, 0.2) is 0 Å². The number of epoxide rings is 1. The van der Waals surface area contributed by atoms with Gasteiger partial charge in [0, 0.05) is 19.6 Å². The van der Waals surface area contributed by atoms with Crippen molar-refractivity contribution >= 4 is 10.2 Å². The topological polar surface area (TPSA) is 61.9 Å². The maximum absolute atomic E-state index is 11.3. The number of rotatable bonds is 2. The van der Waals surface area contributed by atoms with Gasteiger partial charge < -0.3 is 4.74 Å². The zero-order chi connectivity index (χ0) is 8.60. The van der Waals surface area contributed by atoms with Crippen LogP contribution in [0.25, 0.3) is 0 Å². The molecule has 2 rings (SSSR count). The van der Waals surface area contributed by atoms with E-state index < -0.39 is 10.2 Å². The van der Waals surface area contributed by atoms with Crippen molar-refractivity contribution in [3.05, 3.63) is 0 Å². The number of ether oxygens (including phenoxy) is 1. The third-order valence-electron chi connectivity index (χ3n) is 2.02. The van der Waals surface area contributed by atoms with Crippen LogP contribution in [0.3, 0.4) is 0 Å². The van der Waals surface area contributed by atoms with Crippen LogP contribution >= 0.6 is 0 Å². The molecule has 12 heavy (non-hydrogen) atoms. The molecule has 0 amide bonds. The molecule has 2 saturated heterocycles.